The van der Waals surface area contributed by atoms with Crippen molar-refractivity contribution in [1.29, 1.82) is 0 Å². The first-order valence-corrected chi connectivity index (χ1v) is 8.78. The monoisotopic (exact) mass is 378 g/mol. The molecule has 0 amide bonds. The molecular formula is C21H30O6. The van der Waals surface area contributed by atoms with Gasteiger partial charge in [-0.05, 0) is 32.9 Å². The van der Waals surface area contributed by atoms with Crippen LogP contribution in [0.2, 0.25) is 0 Å². The summed E-state index contributed by atoms with van der Waals surface area (Å²) >= 11 is 0. The van der Waals surface area contributed by atoms with Crippen LogP contribution < -0.4 is 0 Å². The molecule has 0 fully saturated rings. The number of hydrogen-bond donors (Lipinski definition) is 3. The van der Waals surface area contributed by atoms with Crippen LogP contribution in [0.4, 0.5) is 0 Å². The third kappa shape index (κ3) is 4.15. The van der Waals surface area contributed by atoms with E-state index in [1.54, 1.807) is 41.5 Å². The molecule has 150 valence electrons. The van der Waals surface area contributed by atoms with Crippen LogP contribution in [0.1, 0.15) is 110 Å². The summed E-state index contributed by atoms with van der Waals surface area (Å²) in [7, 11) is 0. The predicted molar refractivity (Wildman–Crippen MR) is 103 cm³/mol. The second-order valence-corrected chi connectivity index (χ2v) is 9.92. The molecule has 0 atom stereocenters. The van der Waals surface area contributed by atoms with E-state index in [2.05, 4.69) is 0 Å². The summed E-state index contributed by atoms with van der Waals surface area (Å²) in [5.74, 6) is -4.06. The Balaban J connectivity index is 4.67. The molecule has 27 heavy (non-hydrogen) atoms. The van der Waals surface area contributed by atoms with Crippen LogP contribution in [0.3, 0.4) is 0 Å². The smallest absolute Gasteiger partial charge is 0.336 e. The van der Waals surface area contributed by atoms with E-state index in [0.717, 1.165) is 0 Å². The molecule has 0 unspecified atom stereocenters. The molecule has 0 radical (unpaired) electrons. The highest BCUT2D eigenvalue weighted by Gasteiger charge is 2.42. The van der Waals surface area contributed by atoms with Crippen molar-refractivity contribution in [3.05, 3.63) is 33.4 Å². The average Bonchev–Trinajstić information content (AvgIpc) is 2.40. The van der Waals surface area contributed by atoms with Gasteiger partial charge >= 0.3 is 17.9 Å². The summed E-state index contributed by atoms with van der Waals surface area (Å²) in [6.45, 7) is 15.8. The molecule has 0 spiro atoms. The summed E-state index contributed by atoms with van der Waals surface area (Å²) in [6, 6.07) is 0. The maximum Gasteiger partial charge on any atom is 0.336 e. The zero-order valence-corrected chi connectivity index (χ0v) is 17.6. The number of aromatic carboxylic acids is 3. The van der Waals surface area contributed by atoms with Crippen LogP contribution in [-0.2, 0) is 16.2 Å². The van der Waals surface area contributed by atoms with Gasteiger partial charge in [0.1, 0.15) is 0 Å². The highest BCUT2D eigenvalue weighted by molar-refractivity contribution is 6.08. The van der Waals surface area contributed by atoms with Gasteiger partial charge in [-0.15, -0.1) is 0 Å². The maximum absolute atomic E-state index is 12.3. The second-order valence-electron chi connectivity index (χ2n) is 9.92. The largest absolute Gasteiger partial charge is 0.478 e. The first kappa shape index (κ1) is 22.7. The average molecular weight is 378 g/mol. The Bertz CT molecular complexity index is 811. The van der Waals surface area contributed by atoms with Gasteiger partial charge in [-0.1, -0.05) is 62.3 Å². The lowest BCUT2D eigenvalue weighted by Gasteiger charge is -2.37. The van der Waals surface area contributed by atoms with Gasteiger partial charge in [0.05, 0.1) is 16.7 Å². The number of carboxylic acid groups (broad SMARTS) is 3. The first-order chi connectivity index (χ1) is 11.8. The lowest BCUT2D eigenvalue weighted by Crippen LogP contribution is -2.34. The lowest BCUT2D eigenvalue weighted by molar-refractivity contribution is 0.0642. The van der Waals surface area contributed by atoms with E-state index in [-0.39, 0.29) is 22.3 Å². The van der Waals surface area contributed by atoms with E-state index < -0.39 is 39.7 Å². The predicted octanol–water partition coefficient (Wildman–Crippen LogP) is 4.67. The molecule has 6 nitrogen and oxygen atoms in total. The lowest BCUT2D eigenvalue weighted by atomic mass is 9.65. The Morgan fingerprint density at radius 3 is 0.926 bits per heavy atom. The van der Waals surface area contributed by atoms with E-state index in [0.29, 0.717) is 5.56 Å². The third-order valence-corrected chi connectivity index (χ3v) is 4.39. The van der Waals surface area contributed by atoms with E-state index in [1.165, 1.54) is 0 Å². The van der Waals surface area contributed by atoms with Crippen molar-refractivity contribution in [3.63, 3.8) is 0 Å². The van der Waals surface area contributed by atoms with E-state index in [4.69, 9.17) is 0 Å². The summed E-state index contributed by atoms with van der Waals surface area (Å²) < 4.78 is 0. The molecule has 1 aromatic rings. The van der Waals surface area contributed by atoms with E-state index >= 15 is 0 Å². The van der Waals surface area contributed by atoms with Crippen molar-refractivity contribution in [3.8, 4) is 0 Å². The minimum Gasteiger partial charge on any atom is -0.478 e. The maximum atomic E-state index is 12.3. The molecule has 0 heterocycles. The van der Waals surface area contributed by atoms with Crippen LogP contribution in [0.15, 0.2) is 0 Å². The van der Waals surface area contributed by atoms with Crippen LogP contribution in [0, 0.1) is 0 Å². The first-order valence-electron chi connectivity index (χ1n) is 8.78. The van der Waals surface area contributed by atoms with Crippen LogP contribution >= 0.6 is 0 Å². The highest BCUT2D eigenvalue weighted by Crippen LogP contribution is 2.45. The summed E-state index contributed by atoms with van der Waals surface area (Å²) in [5, 5.41) is 29.9. The molecule has 0 saturated heterocycles. The van der Waals surface area contributed by atoms with E-state index in [1.807, 2.05) is 20.8 Å². The van der Waals surface area contributed by atoms with Crippen LogP contribution in [0.25, 0.3) is 0 Å². The Hall–Kier alpha value is -2.37. The van der Waals surface area contributed by atoms with Crippen molar-refractivity contribution in [1.82, 2.24) is 0 Å². The number of carboxylic acids is 3. The summed E-state index contributed by atoms with van der Waals surface area (Å²) in [5.41, 5.74) is -2.58. The topological polar surface area (TPSA) is 112 Å². The molecule has 1 rings (SSSR count). The number of hydrogen-bond acceptors (Lipinski definition) is 3. The Morgan fingerprint density at radius 2 is 0.704 bits per heavy atom. The van der Waals surface area contributed by atoms with E-state index in [9.17, 15) is 29.7 Å². The van der Waals surface area contributed by atoms with Crippen molar-refractivity contribution in [2.24, 2.45) is 0 Å². The Morgan fingerprint density at radius 1 is 0.481 bits per heavy atom. The molecule has 0 bridgehead atoms. The molecule has 0 aliphatic carbocycles. The molecule has 6 heteroatoms. The molecule has 1 aromatic carbocycles. The van der Waals surface area contributed by atoms with Crippen molar-refractivity contribution >= 4 is 17.9 Å². The zero-order valence-electron chi connectivity index (χ0n) is 17.6. The second kappa shape index (κ2) is 6.66. The standard InChI is InChI=1S/C21H30O6/c1-19(2,3)13-10(16(22)23)11(17(24)25)14(20(4,5)6)15(21(7,8)9)12(13)18(26)27/h1-9H3,(H,22,23)(H,24,25)(H,26,27). The fourth-order valence-corrected chi connectivity index (χ4v) is 3.64. The molecule has 0 saturated carbocycles. The van der Waals surface area contributed by atoms with Gasteiger partial charge in [-0.25, -0.2) is 14.4 Å². The SMILES string of the molecule is CC(C)(C)c1c(C(=O)O)c(C(=O)O)c(C(C)(C)C)c(C(C)(C)C)c1C(=O)O. The van der Waals surface area contributed by atoms with Crippen molar-refractivity contribution in [2.75, 3.05) is 0 Å². The minimum atomic E-state index is -1.44. The van der Waals surface area contributed by atoms with Gasteiger partial charge < -0.3 is 15.3 Å². The van der Waals surface area contributed by atoms with Crippen molar-refractivity contribution in [2.45, 2.75) is 78.6 Å². The Labute approximate surface area is 160 Å². The minimum absolute atomic E-state index is 0.0397. The zero-order chi connectivity index (χ0) is 21.7. The van der Waals surface area contributed by atoms with Gasteiger partial charge in [0.2, 0.25) is 0 Å². The summed E-state index contributed by atoms with van der Waals surface area (Å²) in [4.78, 5) is 36.7. The highest BCUT2D eigenvalue weighted by atomic mass is 16.4. The van der Waals surface area contributed by atoms with Gasteiger partial charge in [0, 0.05) is 0 Å². The molecule has 3 N–H and O–H groups in total. The van der Waals surface area contributed by atoms with Gasteiger partial charge in [-0.3, -0.25) is 0 Å². The molecular weight excluding hydrogens is 348 g/mol. The van der Waals surface area contributed by atoms with Crippen molar-refractivity contribution < 1.29 is 29.7 Å². The van der Waals surface area contributed by atoms with Crippen LogP contribution in [0.5, 0.6) is 0 Å². The normalized spacial score (nSPS) is 12.8. The third-order valence-electron chi connectivity index (χ3n) is 4.39. The molecule has 0 aromatic heterocycles. The molecule has 0 aliphatic heterocycles. The van der Waals surface area contributed by atoms with Crippen LogP contribution in [-0.4, -0.2) is 33.2 Å². The van der Waals surface area contributed by atoms with Gasteiger partial charge in [0.15, 0.2) is 0 Å². The van der Waals surface area contributed by atoms with Gasteiger partial charge in [-0.2, -0.15) is 0 Å². The number of rotatable bonds is 3. The Kier molecular flexibility index (Phi) is 5.59. The van der Waals surface area contributed by atoms with Gasteiger partial charge in [0.25, 0.3) is 0 Å². The quantitative estimate of drug-likeness (QED) is 0.704. The number of benzene rings is 1. The fraction of sp³-hybridized carbons (Fsp3) is 0.571. The summed E-state index contributed by atoms with van der Waals surface area (Å²) in [6.07, 6.45) is 0. The number of carbonyl (C=O) groups is 3. The molecule has 0 aliphatic rings. The fourth-order valence-electron chi connectivity index (χ4n) is 3.64.